The molecule has 0 radical (unpaired) electrons. The molecule has 0 heterocycles. The van der Waals surface area contributed by atoms with E-state index in [1.165, 1.54) is 6.07 Å². The smallest absolute Gasteiger partial charge is 0.126 e. The molecule has 2 nitrogen and oxygen atoms in total. The molecule has 0 aromatic heterocycles. The van der Waals surface area contributed by atoms with Crippen molar-refractivity contribution in [2.75, 3.05) is 11.9 Å². The molecular formula is C17H20FNO. The third-order valence-corrected chi connectivity index (χ3v) is 3.51. The summed E-state index contributed by atoms with van der Waals surface area (Å²) in [5.41, 5.74) is 4.16. The molecular weight excluding hydrogens is 253 g/mol. The van der Waals surface area contributed by atoms with Gasteiger partial charge in [-0.3, -0.25) is 0 Å². The van der Waals surface area contributed by atoms with Crippen molar-refractivity contribution < 1.29 is 9.50 Å². The maximum absolute atomic E-state index is 13.7. The lowest BCUT2D eigenvalue weighted by Gasteiger charge is -2.25. The van der Waals surface area contributed by atoms with Crippen LogP contribution in [0.1, 0.15) is 29.7 Å². The third-order valence-electron chi connectivity index (χ3n) is 3.51. The molecule has 3 heteroatoms. The number of halogens is 1. The van der Waals surface area contributed by atoms with E-state index >= 15 is 0 Å². The van der Waals surface area contributed by atoms with E-state index in [1.54, 1.807) is 19.9 Å². The number of hydrogen-bond donors (Lipinski definition) is 1. The van der Waals surface area contributed by atoms with Crippen molar-refractivity contribution in [2.24, 2.45) is 0 Å². The minimum Gasteiger partial charge on any atom is -0.389 e. The summed E-state index contributed by atoms with van der Waals surface area (Å²) in [6.07, 6.45) is -0.715. The Kier molecular flexibility index (Phi) is 4.09. The quantitative estimate of drug-likeness (QED) is 0.903. The molecule has 2 aromatic rings. The summed E-state index contributed by atoms with van der Waals surface area (Å²) in [5, 5.41) is 9.88. The fourth-order valence-electron chi connectivity index (χ4n) is 2.28. The van der Waals surface area contributed by atoms with Gasteiger partial charge in [0.15, 0.2) is 0 Å². The van der Waals surface area contributed by atoms with Crippen molar-refractivity contribution in [1.82, 2.24) is 0 Å². The third kappa shape index (κ3) is 2.83. The van der Waals surface area contributed by atoms with Crippen molar-refractivity contribution in [1.29, 1.82) is 0 Å². The standard InChI is InChI=1S/C17H20FNO/c1-11-6-5-7-14(8-11)19(4)17-9-12(2)16(18)10-15(17)13(3)20/h5-10,13,20H,1-4H3/t13-/m0/s1. The van der Waals surface area contributed by atoms with Crippen molar-refractivity contribution in [3.05, 3.63) is 58.9 Å². The van der Waals surface area contributed by atoms with Crippen molar-refractivity contribution >= 4 is 11.4 Å². The SMILES string of the molecule is Cc1cccc(N(C)c2cc(C)c(F)cc2[C@H](C)O)c1. The summed E-state index contributed by atoms with van der Waals surface area (Å²) >= 11 is 0. The highest BCUT2D eigenvalue weighted by molar-refractivity contribution is 5.67. The summed E-state index contributed by atoms with van der Waals surface area (Å²) in [6.45, 7) is 5.41. The summed E-state index contributed by atoms with van der Waals surface area (Å²) in [4.78, 5) is 1.97. The van der Waals surface area contributed by atoms with E-state index in [9.17, 15) is 9.50 Å². The summed E-state index contributed by atoms with van der Waals surface area (Å²) in [6, 6.07) is 11.3. The van der Waals surface area contributed by atoms with Gasteiger partial charge in [0.1, 0.15) is 5.82 Å². The van der Waals surface area contributed by atoms with Gasteiger partial charge in [0.2, 0.25) is 0 Å². The van der Waals surface area contributed by atoms with Crippen LogP contribution in [0.2, 0.25) is 0 Å². The van der Waals surface area contributed by atoms with Gasteiger partial charge in [-0.15, -0.1) is 0 Å². The van der Waals surface area contributed by atoms with Crippen LogP contribution in [0.15, 0.2) is 36.4 Å². The first kappa shape index (κ1) is 14.5. The van der Waals surface area contributed by atoms with Crippen LogP contribution in [0, 0.1) is 19.7 Å². The molecule has 0 saturated carbocycles. The van der Waals surface area contributed by atoms with Gasteiger partial charge in [-0.2, -0.15) is 0 Å². The van der Waals surface area contributed by atoms with Gasteiger partial charge in [-0.05, 0) is 56.2 Å². The minimum atomic E-state index is -0.715. The average Bonchev–Trinajstić information content (AvgIpc) is 2.40. The van der Waals surface area contributed by atoms with Gasteiger partial charge >= 0.3 is 0 Å². The summed E-state index contributed by atoms with van der Waals surface area (Å²) in [7, 11) is 1.92. The van der Waals surface area contributed by atoms with E-state index in [1.807, 2.05) is 37.1 Å². The number of benzene rings is 2. The number of aliphatic hydroxyl groups is 1. The molecule has 1 atom stereocenters. The molecule has 0 fully saturated rings. The Bertz CT molecular complexity index is 622. The zero-order valence-electron chi connectivity index (χ0n) is 12.3. The number of nitrogens with zero attached hydrogens (tertiary/aromatic N) is 1. The molecule has 20 heavy (non-hydrogen) atoms. The Hall–Kier alpha value is -1.87. The lowest BCUT2D eigenvalue weighted by Crippen LogP contribution is -2.14. The first-order valence-corrected chi connectivity index (χ1v) is 6.68. The predicted octanol–water partition coefficient (Wildman–Crippen LogP) is 4.26. The van der Waals surface area contributed by atoms with Gasteiger partial charge in [0.25, 0.3) is 0 Å². The van der Waals surface area contributed by atoms with Crippen LogP contribution in [0.25, 0.3) is 0 Å². The molecule has 0 amide bonds. The van der Waals surface area contributed by atoms with E-state index in [0.717, 1.165) is 16.9 Å². The Morgan fingerprint density at radius 3 is 2.45 bits per heavy atom. The first-order chi connectivity index (χ1) is 9.40. The van der Waals surface area contributed by atoms with Crippen LogP contribution in [-0.4, -0.2) is 12.2 Å². The summed E-state index contributed by atoms with van der Waals surface area (Å²) < 4.78 is 13.7. The van der Waals surface area contributed by atoms with Gasteiger partial charge in [-0.1, -0.05) is 12.1 Å². The molecule has 2 aromatic carbocycles. The number of hydrogen-bond acceptors (Lipinski definition) is 2. The molecule has 1 N–H and O–H groups in total. The highest BCUT2D eigenvalue weighted by Crippen LogP contribution is 2.33. The van der Waals surface area contributed by atoms with Gasteiger partial charge in [0, 0.05) is 24.0 Å². The second-order valence-electron chi connectivity index (χ2n) is 5.23. The van der Waals surface area contributed by atoms with Crippen LogP contribution in [-0.2, 0) is 0 Å². The lowest BCUT2D eigenvalue weighted by atomic mass is 10.0. The number of rotatable bonds is 3. The van der Waals surface area contributed by atoms with Gasteiger partial charge < -0.3 is 10.0 Å². The van der Waals surface area contributed by atoms with E-state index in [2.05, 4.69) is 6.07 Å². The fourth-order valence-corrected chi connectivity index (χ4v) is 2.28. The van der Waals surface area contributed by atoms with Crippen LogP contribution < -0.4 is 4.90 Å². The van der Waals surface area contributed by atoms with Crippen LogP contribution >= 0.6 is 0 Å². The van der Waals surface area contributed by atoms with Crippen molar-refractivity contribution in [3.8, 4) is 0 Å². The van der Waals surface area contributed by atoms with Crippen LogP contribution in [0.3, 0.4) is 0 Å². The second kappa shape index (κ2) is 5.63. The predicted molar refractivity (Wildman–Crippen MR) is 81.0 cm³/mol. The van der Waals surface area contributed by atoms with Crippen LogP contribution in [0.5, 0.6) is 0 Å². The molecule has 0 bridgehead atoms. The maximum atomic E-state index is 13.7. The number of aryl methyl sites for hydroxylation is 2. The molecule has 0 saturated heterocycles. The molecule has 0 unspecified atom stereocenters. The first-order valence-electron chi connectivity index (χ1n) is 6.68. The Balaban J connectivity index is 2.53. The van der Waals surface area contributed by atoms with E-state index in [-0.39, 0.29) is 5.82 Å². The molecule has 106 valence electrons. The number of aliphatic hydroxyl groups excluding tert-OH is 1. The lowest BCUT2D eigenvalue weighted by molar-refractivity contribution is 0.199. The molecule has 0 aliphatic carbocycles. The van der Waals surface area contributed by atoms with E-state index in [4.69, 9.17) is 0 Å². The Morgan fingerprint density at radius 1 is 1.15 bits per heavy atom. The fraction of sp³-hybridized carbons (Fsp3) is 0.294. The molecule has 0 spiro atoms. The van der Waals surface area contributed by atoms with Crippen LogP contribution in [0.4, 0.5) is 15.8 Å². The zero-order valence-corrected chi connectivity index (χ0v) is 12.3. The largest absolute Gasteiger partial charge is 0.389 e. The minimum absolute atomic E-state index is 0.290. The van der Waals surface area contributed by atoms with Gasteiger partial charge in [-0.25, -0.2) is 4.39 Å². The van der Waals surface area contributed by atoms with Gasteiger partial charge in [0.05, 0.1) is 6.10 Å². The Morgan fingerprint density at radius 2 is 1.85 bits per heavy atom. The average molecular weight is 273 g/mol. The molecule has 2 rings (SSSR count). The normalized spacial score (nSPS) is 12.3. The van der Waals surface area contributed by atoms with E-state index < -0.39 is 6.10 Å². The molecule has 0 aliphatic heterocycles. The highest BCUT2D eigenvalue weighted by Gasteiger charge is 2.16. The maximum Gasteiger partial charge on any atom is 0.126 e. The van der Waals surface area contributed by atoms with Crippen molar-refractivity contribution in [3.63, 3.8) is 0 Å². The highest BCUT2D eigenvalue weighted by atomic mass is 19.1. The monoisotopic (exact) mass is 273 g/mol. The van der Waals surface area contributed by atoms with E-state index in [0.29, 0.717) is 11.1 Å². The topological polar surface area (TPSA) is 23.5 Å². The zero-order chi connectivity index (χ0) is 14.9. The summed E-state index contributed by atoms with van der Waals surface area (Å²) in [5.74, 6) is -0.290. The van der Waals surface area contributed by atoms with Crippen molar-refractivity contribution in [2.45, 2.75) is 26.9 Å². The Labute approximate surface area is 119 Å². The second-order valence-corrected chi connectivity index (χ2v) is 5.23. The molecule has 0 aliphatic rings. The number of anilines is 2.